The summed E-state index contributed by atoms with van der Waals surface area (Å²) in [6.07, 6.45) is 4.82. The molecular weight excluding hydrogens is 354 g/mol. The molecule has 3 atom stereocenters. The van der Waals surface area contributed by atoms with Crippen molar-refractivity contribution >= 4 is 20.9 Å². The van der Waals surface area contributed by atoms with Gasteiger partial charge in [0.25, 0.3) is 5.56 Å². The number of hydrogen-bond donors (Lipinski definition) is 1. The van der Waals surface area contributed by atoms with Crippen molar-refractivity contribution in [3.63, 3.8) is 0 Å². The molecule has 0 radical (unpaired) electrons. The largest absolute Gasteiger partial charge is 0.330 e. The Morgan fingerprint density at radius 2 is 1.88 bits per heavy atom. The second-order valence-electron chi connectivity index (χ2n) is 7.67. The third kappa shape index (κ3) is 2.72. The Morgan fingerprint density at radius 3 is 2.54 bits per heavy atom. The Hall–Kier alpha value is -1.93. The Kier molecular flexibility index (Phi) is 4.07. The molecule has 0 amide bonds. The molecule has 1 heterocycles. The van der Waals surface area contributed by atoms with Gasteiger partial charge in [0.15, 0.2) is 0 Å². The number of aryl methyl sites for hydroxylation is 1. The molecule has 0 spiro atoms. The molecule has 1 aromatic carbocycles. The fraction of sp³-hybridized carbons (Fsp3) is 0.556. The van der Waals surface area contributed by atoms with E-state index >= 15 is 0 Å². The first kappa shape index (κ1) is 17.5. The third-order valence-electron chi connectivity index (χ3n) is 6.17. The molecule has 0 unspecified atom stereocenters. The van der Waals surface area contributed by atoms with Crippen molar-refractivity contribution in [1.82, 2.24) is 13.9 Å². The van der Waals surface area contributed by atoms with Crippen molar-refractivity contribution in [2.75, 3.05) is 6.54 Å². The maximum absolute atomic E-state index is 12.7. The van der Waals surface area contributed by atoms with Crippen LogP contribution in [0.3, 0.4) is 0 Å². The van der Waals surface area contributed by atoms with E-state index in [-0.39, 0.29) is 10.3 Å². The van der Waals surface area contributed by atoms with Gasteiger partial charge in [-0.05, 0) is 55.2 Å². The molecule has 7 nitrogen and oxygen atoms in total. The van der Waals surface area contributed by atoms with Gasteiger partial charge in [-0.3, -0.25) is 13.9 Å². The Balaban J connectivity index is 1.65. The van der Waals surface area contributed by atoms with Crippen LogP contribution < -0.4 is 16.0 Å². The number of nitrogens with zero attached hydrogens (tertiary/aromatic N) is 2. The Bertz CT molecular complexity index is 1100. The lowest BCUT2D eigenvalue weighted by atomic mass is 9.89. The smallest absolute Gasteiger partial charge is 0.296 e. The summed E-state index contributed by atoms with van der Waals surface area (Å²) in [7, 11) is -0.745. The van der Waals surface area contributed by atoms with Crippen LogP contribution in [0.5, 0.6) is 0 Å². The van der Waals surface area contributed by atoms with Crippen LogP contribution in [0.4, 0.5) is 0 Å². The minimum absolute atomic E-state index is 0.0592. The number of aromatic nitrogens is 2. The van der Waals surface area contributed by atoms with E-state index in [4.69, 9.17) is 0 Å². The monoisotopic (exact) mass is 377 g/mol. The summed E-state index contributed by atoms with van der Waals surface area (Å²) in [5.41, 5.74) is -0.508. The molecule has 8 heteroatoms. The van der Waals surface area contributed by atoms with Gasteiger partial charge in [0, 0.05) is 20.6 Å². The molecule has 2 saturated carbocycles. The predicted molar refractivity (Wildman–Crippen MR) is 98.6 cm³/mol. The van der Waals surface area contributed by atoms with Crippen molar-refractivity contribution in [2.45, 2.75) is 30.6 Å². The van der Waals surface area contributed by atoms with Crippen molar-refractivity contribution in [3.05, 3.63) is 39.0 Å². The minimum atomic E-state index is -3.69. The molecular formula is C18H23N3O4S. The first-order valence-electron chi connectivity index (χ1n) is 8.97. The summed E-state index contributed by atoms with van der Waals surface area (Å²) < 4.78 is 30.4. The van der Waals surface area contributed by atoms with Crippen LogP contribution in [0.25, 0.3) is 10.9 Å². The normalized spacial score (nSPS) is 25.2. The number of sulfonamides is 1. The second-order valence-corrected chi connectivity index (χ2v) is 9.44. The highest BCUT2D eigenvalue weighted by atomic mass is 32.2. The SMILES string of the molecule is Cn1c(=O)c2cc(S(=O)(=O)NC[C@@H]3C[C@H]4CC[C@@H]3C4)ccc2n(C)c1=O. The second kappa shape index (κ2) is 6.06. The van der Waals surface area contributed by atoms with Crippen LogP contribution in [-0.2, 0) is 24.1 Å². The lowest BCUT2D eigenvalue weighted by Crippen LogP contribution is -2.37. The summed E-state index contributed by atoms with van der Waals surface area (Å²) in [6.45, 7) is 0.451. The van der Waals surface area contributed by atoms with Crippen molar-refractivity contribution < 1.29 is 8.42 Å². The van der Waals surface area contributed by atoms with E-state index in [0.717, 1.165) is 16.9 Å². The van der Waals surface area contributed by atoms with Gasteiger partial charge in [-0.25, -0.2) is 17.9 Å². The highest BCUT2D eigenvalue weighted by Gasteiger charge is 2.39. The summed E-state index contributed by atoms with van der Waals surface area (Å²) in [6, 6.07) is 4.33. The topological polar surface area (TPSA) is 90.2 Å². The number of rotatable bonds is 4. The van der Waals surface area contributed by atoms with E-state index in [0.29, 0.717) is 23.9 Å². The van der Waals surface area contributed by atoms with Gasteiger partial charge >= 0.3 is 5.69 Å². The fourth-order valence-corrected chi connectivity index (χ4v) is 5.79. The van der Waals surface area contributed by atoms with Crippen LogP contribution >= 0.6 is 0 Å². The molecule has 1 aromatic heterocycles. The average Bonchev–Trinajstić information content (AvgIpc) is 3.25. The fourth-order valence-electron chi connectivity index (χ4n) is 4.67. The van der Waals surface area contributed by atoms with E-state index in [1.807, 2.05) is 0 Å². The van der Waals surface area contributed by atoms with Gasteiger partial charge in [-0.2, -0.15) is 0 Å². The van der Waals surface area contributed by atoms with Crippen molar-refractivity contribution in [3.8, 4) is 0 Å². The van der Waals surface area contributed by atoms with Crippen LogP contribution in [0.1, 0.15) is 25.7 Å². The lowest BCUT2D eigenvalue weighted by molar-refractivity contribution is 0.333. The molecule has 2 fully saturated rings. The summed E-state index contributed by atoms with van der Waals surface area (Å²) in [4.78, 5) is 24.4. The quantitative estimate of drug-likeness (QED) is 0.859. The molecule has 2 bridgehead atoms. The van der Waals surface area contributed by atoms with Gasteiger partial charge in [0.1, 0.15) is 0 Å². The minimum Gasteiger partial charge on any atom is -0.296 e. The van der Waals surface area contributed by atoms with Crippen LogP contribution in [0, 0.1) is 17.8 Å². The maximum Gasteiger partial charge on any atom is 0.330 e. The molecule has 26 heavy (non-hydrogen) atoms. The van der Waals surface area contributed by atoms with Gasteiger partial charge in [-0.1, -0.05) is 6.42 Å². The Morgan fingerprint density at radius 1 is 1.12 bits per heavy atom. The molecule has 2 aliphatic carbocycles. The summed E-state index contributed by atoms with van der Waals surface area (Å²) in [5.74, 6) is 1.82. The first-order valence-corrected chi connectivity index (χ1v) is 10.5. The zero-order valence-electron chi connectivity index (χ0n) is 14.9. The highest BCUT2D eigenvalue weighted by molar-refractivity contribution is 7.89. The summed E-state index contributed by atoms with van der Waals surface area (Å²) in [5, 5.41) is 0.220. The molecule has 1 N–H and O–H groups in total. The molecule has 2 aliphatic rings. The first-order chi connectivity index (χ1) is 12.3. The lowest BCUT2D eigenvalue weighted by Gasteiger charge is -2.21. The standard InChI is InChI=1S/C18H23N3O4S/c1-20-16-6-5-14(9-15(16)17(22)21(2)18(20)23)26(24,25)19-10-13-8-11-3-4-12(13)7-11/h5-6,9,11-13,19H,3-4,7-8,10H2,1-2H3/t11-,12+,13-/m0/s1. The molecule has 4 rings (SSSR count). The highest BCUT2D eigenvalue weighted by Crippen LogP contribution is 2.48. The maximum atomic E-state index is 12.7. The number of benzene rings is 1. The molecule has 2 aromatic rings. The third-order valence-corrected chi connectivity index (χ3v) is 7.59. The van der Waals surface area contributed by atoms with Gasteiger partial charge in [-0.15, -0.1) is 0 Å². The van der Waals surface area contributed by atoms with E-state index in [9.17, 15) is 18.0 Å². The molecule has 0 saturated heterocycles. The van der Waals surface area contributed by atoms with Gasteiger partial charge < -0.3 is 0 Å². The predicted octanol–water partition coefficient (Wildman–Crippen LogP) is 0.952. The summed E-state index contributed by atoms with van der Waals surface area (Å²) >= 11 is 0. The number of nitrogens with one attached hydrogen (secondary N) is 1. The van der Waals surface area contributed by atoms with Crippen LogP contribution in [0.15, 0.2) is 32.7 Å². The van der Waals surface area contributed by atoms with Gasteiger partial charge in [0.2, 0.25) is 10.0 Å². The molecule has 0 aliphatic heterocycles. The van der Waals surface area contributed by atoms with E-state index < -0.39 is 21.3 Å². The van der Waals surface area contributed by atoms with Crippen LogP contribution in [0.2, 0.25) is 0 Å². The Labute approximate surface area is 151 Å². The molecule has 140 valence electrons. The average molecular weight is 377 g/mol. The zero-order chi connectivity index (χ0) is 18.6. The van der Waals surface area contributed by atoms with E-state index in [1.54, 1.807) is 7.05 Å². The van der Waals surface area contributed by atoms with Gasteiger partial charge in [0.05, 0.1) is 15.8 Å². The number of fused-ring (bicyclic) bond motifs is 3. The van der Waals surface area contributed by atoms with Crippen LogP contribution in [-0.4, -0.2) is 24.1 Å². The van der Waals surface area contributed by atoms with Crippen molar-refractivity contribution in [2.24, 2.45) is 31.8 Å². The zero-order valence-corrected chi connectivity index (χ0v) is 15.8. The van der Waals surface area contributed by atoms with E-state index in [2.05, 4.69) is 4.72 Å². The van der Waals surface area contributed by atoms with Crippen molar-refractivity contribution in [1.29, 1.82) is 0 Å². The van der Waals surface area contributed by atoms with E-state index in [1.165, 1.54) is 49.1 Å². The number of hydrogen-bond acceptors (Lipinski definition) is 4.